The zero-order valence-electron chi connectivity index (χ0n) is 13.3. The molecule has 0 atom stereocenters. The maximum atomic E-state index is 14.0. The van der Waals surface area contributed by atoms with E-state index in [-0.39, 0.29) is 11.3 Å². The topological polar surface area (TPSA) is 56.1 Å². The van der Waals surface area contributed by atoms with Gasteiger partial charge in [0.15, 0.2) is 11.6 Å². The molecular weight excluding hydrogens is 297 g/mol. The number of halogens is 1. The van der Waals surface area contributed by atoms with Crippen LogP contribution in [0, 0.1) is 11.7 Å². The zero-order valence-corrected chi connectivity index (χ0v) is 13.3. The summed E-state index contributed by atoms with van der Waals surface area (Å²) in [5.41, 5.74) is 1.78. The normalized spacial score (nSPS) is 14.0. The zero-order chi connectivity index (χ0) is 16.4. The third kappa shape index (κ3) is 3.42. The number of benzene rings is 1. The lowest BCUT2D eigenvalue weighted by Gasteiger charge is -2.11. The summed E-state index contributed by atoms with van der Waals surface area (Å²) in [7, 11) is 3.22. The largest absolute Gasteiger partial charge is 0.494 e. The second-order valence-corrected chi connectivity index (χ2v) is 5.87. The van der Waals surface area contributed by atoms with Crippen molar-refractivity contribution >= 4 is 0 Å². The van der Waals surface area contributed by atoms with Crippen molar-refractivity contribution in [3.8, 4) is 17.0 Å². The molecule has 122 valence electrons. The van der Waals surface area contributed by atoms with Crippen LogP contribution < -0.4 is 15.6 Å². The predicted octanol–water partition coefficient (Wildman–Crippen LogP) is 2.19. The van der Waals surface area contributed by atoms with Crippen molar-refractivity contribution in [1.29, 1.82) is 0 Å². The van der Waals surface area contributed by atoms with Crippen LogP contribution in [0.15, 0.2) is 29.1 Å². The molecule has 0 radical (unpaired) electrons. The summed E-state index contributed by atoms with van der Waals surface area (Å²) in [4.78, 5) is 12.4. The van der Waals surface area contributed by atoms with Crippen LogP contribution in [0.2, 0.25) is 0 Å². The van der Waals surface area contributed by atoms with E-state index in [2.05, 4.69) is 10.4 Å². The van der Waals surface area contributed by atoms with Crippen molar-refractivity contribution in [2.24, 2.45) is 5.92 Å². The van der Waals surface area contributed by atoms with Gasteiger partial charge in [-0.1, -0.05) is 0 Å². The minimum atomic E-state index is -0.443. The van der Waals surface area contributed by atoms with Gasteiger partial charge in [0.2, 0.25) is 0 Å². The highest BCUT2D eigenvalue weighted by atomic mass is 19.1. The molecule has 0 spiro atoms. The standard InChI is InChI=1S/C17H20FN3O2/c1-19-9-13-8-15(12-5-6-16(23-2)14(18)7-12)20-21(17(13)22)10-11-3-4-11/h5-8,11,19H,3-4,9-10H2,1-2H3. The lowest BCUT2D eigenvalue weighted by atomic mass is 10.1. The maximum Gasteiger partial charge on any atom is 0.271 e. The fourth-order valence-electron chi connectivity index (χ4n) is 2.55. The smallest absolute Gasteiger partial charge is 0.271 e. The van der Waals surface area contributed by atoms with Gasteiger partial charge < -0.3 is 10.1 Å². The number of aromatic nitrogens is 2. The second kappa shape index (κ2) is 6.50. The molecule has 1 aliphatic rings. The molecule has 1 N–H and O–H groups in total. The van der Waals surface area contributed by atoms with Crippen LogP contribution in [0.4, 0.5) is 4.39 Å². The van der Waals surface area contributed by atoms with E-state index >= 15 is 0 Å². The van der Waals surface area contributed by atoms with Crippen LogP contribution in [-0.4, -0.2) is 23.9 Å². The van der Waals surface area contributed by atoms with Gasteiger partial charge in [-0.2, -0.15) is 5.10 Å². The molecule has 0 amide bonds. The number of hydrogen-bond acceptors (Lipinski definition) is 4. The van der Waals surface area contributed by atoms with Crippen molar-refractivity contribution in [2.75, 3.05) is 14.2 Å². The molecule has 0 aliphatic heterocycles. The van der Waals surface area contributed by atoms with Crippen LogP contribution >= 0.6 is 0 Å². The van der Waals surface area contributed by atoms with Crippen molar-refractivity contribution in [3.05, 3.63) is 46.0 Å². The fourth-order valence-corrected chi connectivity index (χ4v) is 2.55. The Morgan fingerprint density at radius 2 is 2.17 bits per heavy atom. The van der Waals surface area contributed by atoms with E-state index in [0.717, 1.165) is 12.8 Å². The Bertz CT molecular complexity index is 769. The van der Waals surface area contributed by atoms with E-state index < -0.39 is 5.82 Å². The van der Waals surface area contributed by atoms with Gasteiger partial charge in [-0.05, 0) is 50.1 Å². The predicted molar refractivity (Wildman–Crippen MR) is 85.9 cm³/mol. The van der Waals surface area contributed by atoms with Gasteiger partial charge in [0.25, 0.3) is 5.56 Å². The molecular formula is C17H20FN3O2. The van der Waals surface area contributed by atoms with Crippen molar-refractivity contribution in [2.45, 2.75) is 25.9 Å². The molecule has 1 saturated carbocycles. The maximum absolute atomic E-state index is 14.0. The van der Waals surface area contributed by atoms with E-state index in [1.54, 1.807) is 25.2 Å². The molecule has 5 nitrogen and oxygen atoms in total. The van der Waals surface area contributed by atoms with Crippen LogP contribution in [0.5, 0.6) is 5.75 Å². The number of hydrogen-bond donors (Lipinski definition) is 1. The summed E-state index contributed by atoms with van der Waals surface area (Å²) in [5, 5.41) is 7.43. The van der Waals surface area contributed by atoms with Crippen LogP contribution in [0.25, 0.3) is 11.3 Å². The molecule has 3 rings (SSSR count). The Hall–Kier alpha value is -2.21. The third-order valence-electron chi connectivity index (χ3n) is 3.99. The van der Waals surface area contributed by atoms with E-state index in [0.29, 0.717) is 35.8 Å². The number of nitrogens with zero attached hydrogens (tertiary/aromatic N) is 2. The summed E-state index contributed by atoms with van der Waals surface area (Å²) in [6.45, 7) is 1.08. The number of nitrogens with one attached hydrogen (secondary N) is 1. The molecule has 1 heterocycles. The first-order valence-corrected chi connectivity index (χ1v) is 7.72. The molecule has 1 fully saturated rings. The van der Waals surface area contributed by atoms with E-state index in [1.165, 1.54) is 17.9 Å². The first-order chi connectivity index (χ1) is 11.1. The van der Waals surface area contributed by atoms with Gasteiger partial charge in [0, 0.05) is 24.2 Å². The molecule has 0 bridgehead atoms. The first-order valence-electron chi connectivity index (χ1n) is 7.72. The SMILES string of the molecule is CNCc1cc(-c2ccc(OC)c(F)c2)nn(CC2CC2)c1=O. The highest BCUT2D eigenvalue weighted by Gasteiger charge is 2.23. The van der Waals surface area contributed by atoms with Crippen LogP contribution in [-0.2, 0) is 13.1 Å². The minimum Gasteiger partial charge on any atom is -0.494 e. The molecule has 1 aromatic heterocycles. The fraction of sp³-hybridized carbons (Fsp3) is 0.412. The Labute approximate surface area is 134 Å². The lowest BCUT2D eigenvalue weighted by molar-refractivity contribution is 0.386. The van der Waals surface area contributed by atoms with E-state index in [4.69, 9.17) is 4.74 Å². The molecule has 6 heteroatoms. The second-order valence-electron chi connectivity index (χ2n) is 5.87. The summed E-state index contributed by atoms with van der Waals surface area (Å²) in [6, 6.07) is 6.43. The van der Waals surface area contributed by atoms with Gasteiger partial charge in [-0.15, -0.1) is 0 Å². The van der Waals surface area contributed by atoms with Crippen LogP contribution in [0.1, 0.15) is 18.4 Å². The van der Waals surface area contributed by atoms with Crippen molar-refractivity contribution < 1.29 is 9.13 Å². The average molecular weight is 317 g/mol. The summed E-state index contributed by atoms with van der Waals surface area (Å²) in [6.07, 6.45) is 2.27. The quantitative estimate of drug-likeness (QED) is 0.887. The molecule has 1 aromatic carbocycles. The Morgan fingerprint density at radius 1 is 1.39 bits per heavy atom. The Kier molecular flexibility index (Phi) is 4.43. The highest BCUT2D eigenvalue weighted by Crippen LogP contribution is 2.30. The average Bonchev–Trinajstić information content (AvgIpc) is 3.35. The number of ether oxygens (including phenoxy) is 1. The molecule has 2 aromatic rings. The summed E-state index contributed by atoms with van der Waals surface area (Å²) < 4.78 is 20.4. The van der Waals surface area contributed by atoms with Gasteiger partial charge in [0.1, 0.15) is 0 Å². The van der Waals surface area contributed by atoms with Crippen LogP contribution in [0.3, 0.4) is 0 Å². The Balaban J connectivity index is 2.04. The third-order valence-corrected chi connectivity index (χ3v) is 3.99. The monoisotopic (exact) mass is 317 g/mol. The van der Waals surface area contributed by atoms with Crippen molar-refractivity contribution in [1.82, 2.24) is 15.1 Å². The van der Waals surface area contributed by atoms with Gasteiger partial charge >= 0.3 is 0 Å². The van der Waals surface area contributed by atoms with Gasteiger partial charge in [-0.25, -0.2) is 9.07 Å². The molecule has 23 heavy (non-hydrogen) atoms. The highest BCUT2D eigenvalue weighted by molar-refractivity contribution is 5.60. The van der Waals surface area contributed by atoms with E-state index in [9.17, 15) is 9.18 Å². The Morgan fingerprint density at radius 3 is 2.78 bits per heavy atom. The lowest BCUT2D eigenvalue weighted by Crippen LogP contribution is -2.29. The molecule has 0 saturated heterocycles. The summed E-state index contributed by atoms with van der Waals surface area (Å²) in [5.74, 6) is 0.280. The van der Waals surface area contributed by atoms with Crippen molar-refractivity contribution in [3.63, 3.8) is 0 Å². The number of methoxy groups -OCH3 is 1. The number of rotatable bonds is 6. The molecule has 1 aliphatic carbocycles. The van der Waals surface area contributed by atoms with Gasteiger partial charge in [0.05, 0.1) is 12.8 Å². The van der Waals surface area contributed by atoms with E-state index in [1.807, 2.05) is 0 Å². The first kappa shape index (κ1) is 15.7. The summed E-state index contributed by atoms with van der Waals surface area (Å²) >= 11 is 0. The minimum absolute atomic E-state index is 0.0796. The van der Waals surface area contributed by atoms with Gasteiger partial charge in [-0.3, -0.25) is 4.79 Å². The molecule has 0 unspecified atom stereocenters.